The number of hydrogen-bond donors (Lipinski definition) is 2. The van der Waals surface area contributed by atoms with Gasteiger partial charge < -0.3 is 10.6 Å². The molecule has 1 heterocycles. The van der Waals surface area contributed by atoms with Crippen LogP contribution in [-0.4, -0.2) is 55.8 Å². The molecular formula is C13H26F3IN4. The highest BCUT2D eigenvalue weighted by molar-refractivity contribution is 14.0. The van der Waals surface area contributed by atoms with E-state index in [4.69, 9.17) is 0 Å². The van der Waals surface area contributed by atoms with Gasteiger partial charge in [0.05, 0.1) is 6.54 Å². The molecule has 1 aliphatic rings. The summed E-state index contributed by atoms with van der Waals surface area (Å²) in [5.74, 6) is 0.708. The Morgan fingerprint density at radius 2 is 2.05 bits per heavy atom. The first-order chi connectivity index (χ1) is 9.44. The van der Waals surface area contributed by atoms with E-state index >= 15 is 0 Å². The lowest BCUT2D eigenvalue weighted by molar-refractivity contribution is -0.143. The summed E-state index contributed by atoms with van der Waals surface area (Å²) >= 11 is 0. The van der Waals surface area contributed by atoms with Crippen molar-refractivity contribution < 1.29 is 13.2 Å². The van der Waals surface area contributed by atoms with Gasteiger partial charge in [-0.2, -0.15) is 13.2 Å². The molecule has 126 valence electrons. The Labute approximate surface area is 142 Å². The molecule has 1 saturated heterocycles. The number of halogens is 4. The van der Waals surface area contributed by atoms with Crippen LogP contribution >= 0.6 is 24.0 Å². The Morgan fingerprint density at radius 3 is 2.62 bits per heavy atom. The Balaban J connectivity index is 0.00000400. The SMILES string of the molecule is CCCCN=C(NCC)NC1CCN(CC(F)(F)F)C1.I. The molecule has 0 amide bonds. The van der Waals surface area contributed by atoms with Gasteiger partial charge in [0.2, 0.25) is 0 Å². The van der Waals surface area contributed by atoms with Crippen molar-refractivity contribution in [1.82, 2.24) is 15.5 Å². The van der Waals surface area contributed by atoms with Gasteiger partial charge in [-0.15, -0.1) is 24.0 Å². The maximum Gasteiger partial charge on any atom is 0.401 e. The molecule has 1 atom stereocenters. The molecule has 0 spiro atoms. The summed E-state index contributed by atoms with van der Waals surface area (Å²) in [5.41, 5.74) is 0. The van der Waals surface area contributed by atoms with Gasteiger partial charge in [-0.25, -0.2) is 0 Å². The molecule has 0 radical (unpaired) electrons. The lowest BCUT2D eigenvalue weighted by Crippen LogP contribution is -2.45. The van der Waals surface area contributed by atoms with E-state index in [0.717, 1.165) is 25.9 Å². The Hall–Kier alpha value is -0.250. The normalized spacial score (nSPS) is 20.2. The third-order valence-electron chi connectivity index (χ3n) is 3.14. The summed E-state index contributed by atoms with van der Waals surface area (Å²) in [6.45, 7) is 5.63. The van der Waals surface area contributed by atoms with E-state index in [-0.39, 0.29) is 30.0 Å². The summed E-state index contributed by atoms with van der Waals surface area (Å²) in [6, 6.07) is 0.0387. The van der Waals surface area contributed by atoms with E-state index in [1.54, 1.807) is 0 Å². The largest absolute Gasteiger partial charge is 0.401 e. The first-order valence-electron chi connectivity index (χ1n) is 7.28. The number of rotatable bonds is 6. The molecule has 0 aromatic carbocycles. The van der Waals surface area contributed by atoms with Crippen LogP contribution in [0, 0.1) is 0 Å². The van der Waals surface area contributed by atoms with E-state index in [0.29, 0.717) is 25.5 Å². The van der Waals surface area contributed by atoms with E-state index < -0.39 is 12.7 Å². The standard InChI is InChI=1S/C13H25F3N4.HI/c1-3-5-7-18-12(17-4-2)19-11-6-8-20(9-11)10-13(14,15)16;/h11H,3-10H2,1-2H3,(H2,17,18,19);1H. The average Bonchev–Trinajstić information content (AvgIpc) is 2.74. The molecular weight excluding hydrogens is 396 g/mol. The summed E-state index contributed by atoms with van der Waals surface area (Å²) < 4.78 is 37.0. The van der Waals surface area contributed by atoms with Crippen molar-refractivity contribution in [2.45, 2.75) is 45.3 Å². The van der Waals surface area contributed by atoms with E-state index in [2.05, 4.69) is 22.5 Å². The van der Waals surface area contributed by atoms with Crippen LogP contribution in [0.4, 0.5) is 13.2 Å². The average molecular weight is 422 g/mol. The number of hydrogen-bond acceptors (Lipinski definition) is 2. The molecule has 8 heteroatoms. The summed E-state index contributed by atoms with van der Waals surface area (Å²) in [6.07, 6.45) is -1.31. The minimum atomic E-state index is -4.12. The van der Waals surface area contributed by atoms with Crippen LogP contribution in [0.1, 0.15) is 33.1 Å². The molecule has 21 heavy (non-hydrogen) atoms. The predicted molar refractivity (Wildman–Crippen MR) is 90.3 cm³/mol. The number of nitrogens with one attached hydrogen (secondary N) is 2. The van der Waals surface area contributed by atoms with Crippen molar-refractivity contribution >= 4 is 29.9 Å². The van der Waals surface area contributed by atoms with Crippen LogP contribution in [0.5, 0.6) is 0 Å². The molecule has 1 aliphatic heterocycles. The molecule has 1 rings (SSSR count). The summed E-state index contributed by atoms with van der Waals surface area (Å²) in [7, 11) is 0. The lowest BCUT2D eigenvalue weighted by atomic mass is 10.3. The summed E-state index contributed by atoms with van der Waals surface area (Å²) in [5, 5.41) is 6.35. The van der Waals surface area contributed by atoms with Gasteiger partial charge in [0, 0.05) is 32.2 Å². The van der Waals surface area contributed by atoms with Gasteiger partial charge in [0.25, 0.3) is 0 Å². The zero-order valence-corrected chi connectivity index (χ0v) is 15.0. The van der Waals surface area contributed by atoms with Crippen molar-refractivity contribution in [3.05, 3.63) is 0 Å². The maximum absolute atomic E-state index is 12.3. The van der Waals surface area contributed by atoms with Gasteiger partial charge in [-0.05, 0) is 19.8 Å². The fourth-order valence-corrected chi connectivity index (χ4v) is 2.21. The second-order valence-corrected chi connectivity index (χ2v) is 5.09. The van der Waals surface area contributed by atoms with Crippen molar-refractivity contribution in [2.24, 2.45) is 4.99 Å². The molecule has 1 fully saturated rings. The third kappa shape index (κ3) is 9.38. The van der Waals surface area contributed by atoms with E-state index in [1.807, 2.05) is 6.92 Å². The van der Waals surface area contributed by atoms with Gasteiger partial charge in [0.15, 0.2) is 5.96 Å². The predicted octanol–water partition coefficient (Wildman–Crippen LogP) is 2.60. The van der Waals surface area contributed by atoms with Crippen LogP contribution in [-0.2, 0) is 0 Å². The Morgan fingerprint density at radius 1 is 1.33 bits per heavy atom. The van der Waals surface area contributed by atoms with Crippen LogP contribution in [0.15, 0.2) is 4.99 Å². The van der Waals surface area contributed by atoms with Gasteiger partial charge >= 0.3 is 6.18 Å². The van der Waals surface area contributed by atoms with Crippen molar-refractivity contribution in [1.29, 1.82) is 0 Å². The zero-order chi connectivity index (χ0) is 15.0. The molecule has 0 bridgehead atoms. The molecule has 0 saturated carbocycles. The number of unbranched alkanes of at least 4 members (excludes halogenated alkanes) is 1. The number of alkyl halides is 3. The highest BCUT2D eigenvalue weighted by Gasteiger charge is 2.34. The van der Waals surface area contributed by atoms with Gasteiger partial charge in [-0.3, -0.25) is 9.89 Å². The monoisotopic (exact) mass is 422 g/mol. The van der Waals surface area contributed by atoms with Crippen LogP contribution in [0.3, 0.4) is 0 Å². The number of aliphatic imine (C=N–C) groups is 1. The fraction of sp³-hybridized carbons (Fsp3) is 0.923. The highest BCUT2D eigenvalue weighted by Crippen LogP contribution is 2.19. The first-order valence-corrected chi connectivity index (χ1v) is 7.28. The Bertz CT molecular complexity index is 310. The third-order valence-corrected chi connectivity index (χ3v) is 3.14. The topological polar surface area (TPSA) is 39.7 Å². The smallest absolute Gasteiger partial charge is 0.357 e. The second-order valence-electron chi connectivity index (χ2n) is 5.09. The zero-order valence-electron chi connectivity index (χ0n) is 12.7. The maximum atomic E-state index is 12.3. The van der Waals surface area contributed by atoms with Crippen LogP contribution in [0.25, 0.3) is 0 Å². The van der Waals surface area contributed by atoms with Crippen molar-refractivity contribution in [3.63, 3.8) is 0 Å². The first kappa shape index (κ1) is 20.8. The highest BCUT2D eigenvalue weighted by atomic mass is 127. The minimum Gasteiger partial charge on any atom is -0.357 e. The van der Waals surface area contributed by atoms with E-state index in [9.17, 15) is 13.2 Å². The van der Waals surface area contributed by atoms with Crippen molar-refractivity contribution in [2.75, 3.05) is 32.7 Å². The van der Waals surface area contributed by atoms with Crippen LogP contribution < -0.4 is 10.6 Å². The molecule has 0 aromatic heterocycles. The lowest BCUT2D eigenvalue weighted by Gasteiger charge is -2.19. The molecule has 0 aliphatic carbocycles. The molecule has 4 nitrogen and oxygen atoms in total. The minimum absolute atomic E-state index is 0. The number of guanidine groups is 1. The van der Waals surface area contributed by atoms with E-state index in [1.165, 1.54) is 4.90 Å². The van der Waals surface area contributed by atoms with Crippen LogP contribution in [0.2, 0.25) is 0 Å². The molecule has 0 aromatic rings. The molecule has 1 unspecified atom stereocenters. The van der Waals surface area contributed by atoms with Gasteiger partial charge in [0.1, 0.15) is 0 Å². The number of likely N-dealkylation sites (tertiary alicyclic amines) is 1. The fourth-order valence-electron chi connectivity index (χ4n) is 2.21. The number of nitrogens with zero attached hydrogens (tertiary/aromatic N) is 2. The second kappa shape index (κ2) is 10.5. The van der Waals surface area contributed by atoms with Crippen molar-refractivity contribution in [3.8, 4) is 0 Å². The Kier molecular flexibility index (Phi) is 10.3. The van der Waals surface area contributed by atoms with Gasteiger partial charge in [-0.1, -0.05) is 13.3 Å². The quantitative estimate of drug-likeness (QED) is 0.299. The molecule has 2 N–H and O–H groups in total. The summed E-state index contributed by atoms with van der Waals surface area (Å²) in [4.78, 5) is 5.86.